The van der Waals surface area contributed by atoms with Gasteiger partial charge in [0.15, 0.2) is 0 Å². The fourth-order valence-corrected chi connectivity index (χ4v) is 2.78. The van der Waals surface area contributed by atoms with Crippen molar-refractivity contribution in [2.75, 3.05) is 6.61 Å². The molecule has 4 nitrogen and oxygen atoms in total. The maximum absolute atomic E-state index is 12.2. The second-order valence-corrected chi connectivity index (χ2v) is 6.77. The van der Waals surface area contributed by atoms with Gasteiger partial charge in [0.1, 0.15) is 5.75 Å². The summed E-state index contributed by atoms with van der Waals surface area (Å²) in [5, 5.41) is 3.09. The van der Waals surface area contributed by atoms with E-state index in [2.05, 4.69) is 19.2 Å². The van der Waals surface area contributed by atoms with Crippen molar-refractivity contribution < 1.29 is 9.53 Å². The van der Waals surface area contributed by atoms with Gasteiger partial charge in [-0.05, 0) is 49.8 Å². The zero-order valence-electron chi connectivity index (χ0n) is 13.8. The first kappa shape index (κ1) is 16.8. The molecule has 1 aromatic rings. The number of hydrogen-bond acceptors (Lipinski definition) is 3. The van der Waals surface area contributed by atoms with Gasteiger partial charge in [-0.25, -0.2) is 0 Å². The molecule has 1 saturated carbocycles. The van der Waals surface area contributed by atoms with E-state index in [1.165, 1.54) is 0 Å². The highest BCUT2D eigenvalue weighted by Gasteiger charge is 2.28. The van der Waals surface area contributed by atoms with Gasteiger partial charge in [-0.1, -0.05) is 26.0 Å². The number of benzene rings is 1. The van der Waals surface area contributed by atoms with E-state index in [0.717, 1.165) is 30.6 Å². The van der Waals surface area contributed by atoms with Gasteiger partial charge in [0.2, 0.25) is 5.91 Å². The first-order valence-electron chi connectivity index (χ1n) is 8.24. The molecule has 2 rings (SSSR count). The highest BCUT2D eigenvalue weighted by atomic mass is 16.5. The third kappa shape index (κ3) is 4.73. The van der Waals surface area contributed by atoms with Crippen LogP contribution in [0.1, 0.15) is 51.6 Å². The largest absolute Gasteiger partial charge is 0.493 e. The molecule has 1 fully saturated rings. The maximum atomic E-state index is 12.2. The van der Waals surface area contributed by atoms with Crippen LogP contribution in [0.25, 0.3) is 0 Å². The van der Waals surface area contributed by atoms with Crippen LogP contribution in [0.15, 0.2) is 24.3 Å². The second kappa shape index (κ2) is 7.63. The molecule has 1 aromatic carbocycles. The lowest BCUT2D eigenvalue weighted by Gasteiger charge is -2.18. The van der Waals surface area contributed by atoms with Crippen LogP contribution in [-0.2, 0) is 4.79 Å². The van der Waals surface area contributed by atoms with Gasteiger partial charge in [0.05, 0.1) is 12.6 Å². The van der Waals surface area contributed by atoms with Gasteiger partial charge in [-0.3, -0.25) is 4.79 Å². The molecule has 0 aromatic heterocycles. The number of carbonyl (C=O) groups is 1. The van der Waals surface area contributed by atoms with E-state index in [4.69, 9.17) is 10.5 Å². The summed E-state index contributed by atoms with van der Waals surface area (Å²) in [5.74, 6) is 1.58. The zero-order valence-corrected chi connectivity index (χ0v) is 13.8. The molecule has 3 N–H and O–H groups in total. The Balaban J connectivity index is 1.86. The number of hydrogen-bond donors (Lipinski definition) is 2. The Labute approximate surface area is 133 Å². The van der Waals surface area contributed by atoms with E-state index >= 15 is 0 Å². The van der Waals surface area contributed by atoms with Gasteiger partial charge in [0.25, 0.3) is 0 Å². The Bertz CT molecular complexity index is 484. The monoisotopic (exact) mass is 304 g/mol. The van der Waals surface area contributed by atoms with Gasteiger partial charge in [-0.2, -0.15) is 0 Å². The lowest BCUT2D eigenvalue weighted by atomic mass is 10.0. The van der Waals surface area contributed by atoms with Gasteiger partial charge < -0.3 is 15.8 Å². The summed E-state index contributed by atoms with van der Waals surface area (Å²) in [6, 6.07) is 8.14. The Morgan fingerprint density at radius 3 is 2.50 bits per heavy atom. The molecule has 1 amide bonds. The zero-order chi connectivity index (χ0) is 16.1. The van der Waals surface area contributed by atoms with Crippen LogP contribution in [-0.4, -0.2) is 18.6 Å². The third-order valence-corrected chi connectivity index (χ3v) is 4.17. The van der Waals surface area contributed by atoms with E-state index in [9.17, 15) is 4.79 Å². The minimum atomic E-state index is 0.00322. The molecular formula is C18H28N2O2. The Morgan fingerprint density at radius 2 is 1.95 bits per heavy atom. The van der Waals surface area contributed by atoms with Crippen molar-refractivity contribution in [2.24, 2.45) is 17.6 Å². The third-order valence-electron chi connectivity index (χ3n) is 4.17. The molecule has 122 valence electrons. The van der Waals surface area contributed by atoms with E-state index in [-0.39, 0.29) is 23.9 Å². The molecule has 3 unspecified atom stereocenters. The summed E-state index contributed by atoms with van der Waals surface area (Å²) in [6.07, 6.45) is 2.66. The van der Waals surface area contributed by atoms with Crippen LogP contribution in [0.5, 0.6) is 5.75 Å². The van der Waals surface area contributed by atoms with Crippen molar-refractivity contribution in [3.8, 4) is 5.75 Å². The van der Waals surface area contributed by atoms with Crippen molar-refractivity contribution in [3.63, 3.8) is 0 Å². The van der Waals surface area contributed by atoms with E-state index in [0.29, 0.717) is 12.5 Å². The lowest BCUT2D eigenvalue weighted by Crippen LogP contribution is -2.32. The van der Waals surface area contributed by atoms with Gasteiger partial charge in [0, 0.05) is 12.0 Å². The minimum Gasteiger partial charge on any atom is -0.493 e. The first-order valence-corrected chi connectivity index (χ1v) is 8.24. The quantitative estimate of drug-likeness (QED) is 0.849. The minimum absolute atomic E-state index is 0.00322. The molecule has 1 aliphatic carbocycles. The molecule has 4 heteroatoms. The fraction of sp³-hybridized carbons (Fsp3) is 0.611. The predicted molar refractivity (Wildman–Crippen MR) is 88.6 cm³/mol. The molecular weight excluding hydrogens is 276 g/mol. The summed E-state index contributed by atoms with van der Waals surface area (Å²) >= 11 is 0. The highest BCUT2D eigenvalue weighted by Crippen LogP contribution is 2.25. The average Bonchev–Trinajstić information content (AvgIpc) is 2.92. The smallest absolute Gasteiger partial charge is 0.223 e. The molecule has 22 heavy (non-hydrogen) atoms. The molecule has 0 aliphatic heterocycles. The predicted octanol–water partition coefficient (Wildman–Crippen LogP) is 3.03. The molecule has 1 aliphatic rings. The van der Waals surface area contributed by atoms with Crippen molar-refractivity contribution in [3.05, 3.63) is 29.8 Å². The van der Waals surface area contributed by atoms with Crippen LogP contribution in [0.4, 0.5) is 0 Å². The van der Waals surface area contributed by atoms with Gasteiger partial charge in [-0.15, -0.1) is 0 Å². The van der Waals surface area contributed by atoms with Gasteiger partial charge >= 0.3 is 0 Å². The summed E-state index contributed by atoms with van der Waals surface area (Å²) in [7, 11) is 0. The molecule has 0 radical (unpaired) electrons. The number of nitrogens with two attached hydrogens (primary N) is 1. The number of ether oxygens (including phenoxy) is 1. The van der Waals surface area contributed by atoms with Crippen LogP contribution in [0.3, 0.4) is 0 Å². The van der Waals surface area contributed by atoms with Crippen molar-refractivity contribution in [1.82, 2.24) is 5.32 Å². The van der Waals surface area contributed by atoms with Crippen LogP contribution < -0.4 is 15.8 Å². The SMILES string of the molecule is CC(C)COc1ccc(C(C)NC(=O)C2CCC(N)C2)cc1. The first-order chi connectivity index (χ1) is 10.5. The molecule has 0 bridgehead atoms. The Kier molecular flexibility index (Phi) is 5.83. The average molecular weight is 304 g/mol. The summed E-state index contributed by atoms with van der Waals surface area (Å²) in [6.45, 7) is 6.98. The molecule has 0 spiro atoms. The van der Waals surface area contributed by atoms with Crippen molar-refractivity contribution in [1.29, 1.82) is 0 Å². The van der Waals surface area contributed by atoms with E-state index in [1.54, 1.807) is 0 Å². The normalized spacial score (nSPS) is 22.6. The Morgan fingerprint density at radius 1 is 1.27 bits per heavy atom. The van der Waals surface area contributed by atoms with Crippen LogP contribution in [0, 0.1) is 11.8 Å². The molecule has 0 saturated heterocycles. The summed E-state index contributed by atoms with van der Waals surface area (Å²) in [5.41, 5.74) is 6.97. The highest BCUT2D eigenvalue weighted by molar-refractivity contribution is 5.79. The second-order valence-electron chi connectivity index (χ2n) is 6.77. The van der Waals surface area contributed by atoms with Crippen LogP contribution >= 0.6 is 0 Å². The number of nitrogens with one attached hydrogen (secondary N) is 1. The maximum Gasteiger partial charge on any atom is 0.223 e. The van der Waals surface area contributed by atoms with Crippen LogP contribution in [0.2, 0.25) is 0 Å². The number of amides is 1. The molecule has 0 heterocycles. The van der Waals surface area contributed by atoms with E-state index < -0.39 is 0 Å². The lowest BCUT2D eigenvalue weighted by molar-refractivity contribution is -0.125. The van der Waals surface area contributed by atoms with Crippen molar-refractivity contribution >= 4 is 5.91 Å². The standard InChI is InChI=1S/C18H28N2O2/c1-12(2)11-22-17-8-5-14(6-9-17)13(3)20-18(21)15-4-7-16(19)10-15/h5-6,8-9,12-13,15-16H,4,7,10-11,19H2,1-3H3,(H,20,21). The fourth-order valence-electron chi connectivity index (χ4n) is 2.78. The van der Waals surface area contributed by atoms with E-state index in [1.807, 2.05) is 31.2 Å². The number of rotatable bonds is 6. The summed E-state index contributed by atoms with van der Waals surface area (Å²) in [4.78, 5) is 12.2. The Hall–Kier alpha value is -1.55. The van der Waals surface area contributed by atoms with Crippen molar-refractivity contribution in [2.45, 2.75) is 52.1 Å². The number of carbonyl (C=O) groups excluding carboxylic acids is 1. The molecule has 3 atom stereocenters. The summed E-state index contributed by atoms with van der Waals surface area (Å²) < 4.78 is 5.68. The topological polar surface area (TPSA) is 64.3 Å².